The maximum absolute atomic E-state index is 12.2. The van der Waals surface area contributed by atoms with E-state index in [9.17, 15) is 8.42 Å². The second kappa shape index (κ2) is 4.98. The topological polar surface area (TPSA) is 87.8 Å². The molecule has 7 heteroatoms. The van der Waals surface area contributed by atoms with Crippen molar-refractivity contribution in [1.82, 2.24) is 14.5 Å². The van der Waals surface area contributed by atoms with Gasteiger partial charge in [-0.3, -0.25) is 4.68 Å². The summed E-state index contributed by atoms with van der Waals surface area (Å²) >= 11 is 0. The van der Waals surface area contributed by atoms with E-state index < -0.39 is 15.6 Å². The molecule has 0 bridgehead atoms. The van der Waals surface area contributed by atoms with Crippen LogP contribution in [0.25, 0.3) is 0 Å². The number of rotatable bonds is 5. The summed E-state index contributed by atoms with van der Waals surface area (Å²) in [6.45, 7) is 0.500. The number of hydrogen-bond acceptors (Lipinski definition) is 4. The lowest BCUT2D eigenvalue weighted by Crippen LogP contribution is -2.35. The number of nitrogens with zero attached hydrogens (tertiary/aromatic N) is 3. The van der Waals surface area contributed by atoms with Crippen molar-refractivity contribution in [1.29, 1.82) is 5.26 Å². The van der Waals surface area contributed by atoms with Gasteiger partial charge in [0, 0.05) is 6.20 Å². The van der Waals surface area contributed by atoms with Crippen molar-refractivity contribution in [2.75, 3.05) is 0 Å². The molecule has 0 aliphatic heterocycles. The molecule has 0 saturated heterocycles. The Labute approximate surface area is 123 Å². The van der Waals surface area contributed by atoms with Gasteiger partial charge < -0.3 is 0 Å². The minimum absolute atomic E-state index is 0.0833. The van der Waals surface area contributed by atoms with Crippen molar-refractivity contribution in [3.8, 4) is 6.07 Å². The minimum Gasteiger partial charge on any atom is -0.267 e. The Morgan fingerprint density at radius 1 is 1.33 bits per heavy atom. The van der Waals surface area contributed by atoms with Crippen LogP contribution in [0.1, 0.15) is 18.4 Å². The zero-order valence-electron chi connectivity index (χ0n) is 11.2. The molecule has 1 aliphatic carbocycles. The first-order valence-corrected chi connectivity index (χ1v) is 8.03. The van der Waals surface area contributed by atoms with Gasteiger partial charge in [-0.05, 0) is 18.4 Å². The van der Waals surface area contributed by atoms with Crippen LogP contribution in [0, 0.1) is 11.3 Å². The van der Waals surface area contributed by atoms with E-state index in [1.165, 1.54) is 12.4 Å². The molecule has 1 heterocycles. The molecular formula is C14H14N4O2S. The Balaban J connectivity index is 1.77. The van der Waals surface area contributed by atoms with Crippen LogP contribution in [0.4, 0.5) is 0 Å². The number of nitriles is 1. The van der Waals surface area contributed by atoms with Crippen LogP contribution in [-0.2, 0) is 16.6 Å². The zero-order valence-corrected chi connectivity index (χ0v) is 12.0. The summed E-state index contributed by atoms with van der Waals surface area (Å²) in [6.07, 6.45) is 3.89. The summed E-state index contributed by atoms with van der Waals surface area (Å²) in [4.78, 5) is 0.0833. The lowest BCUT2D eigenvalue weighted by Gasteiger charge is -2.07. The highest BCUT2D eigenvalue weighted by atomic mass is 32.2. The summed E-state index contributed by atoms with van der Waals surface area (Å²) < 4.78 is 28.4. The van der Waals surface area contributed by atoms with Crippen LogP contribution in [0.5, 0.6) is 0 Å². The molecule has 0 radical (unpaired) electrons. The Hall–Kier alpha value is -2.17. The molecule has 1 N–H and O–H groups in total. The molecule has 1 saturated carbocycles. The Bertz CT molecular complexity index is 786. The van der Waals surface area contributed by atoms with E-state index in [4.69, 9.17) is 5.26 Å². The maximum Gasteiger partial charge on any atom is 0.245 e. The quantitative estimate of drug-likeness (QED) is 0.900. The molecule has 1 aliphatic rings. The van der Waals surface area contributed by atoms with Crippen molar-refractivity contribution in [2.45, 2.75) is 29.8 Å². The summed E-state index contributed by atoms with van der Waals surface area (Å²) in [5.41, 5.74) is 0.119. The van der Waals surface area contributed by atoms with Gasteiger partial charge >= 0.3 is 0 Å². The average molecular weight is 302 g/mol. The second-order valence-electron chi connectivity index (χ2n) is 5.16. The standard InChI is InChI=1S/C14H14N4O2S/c15-11-14(6-7-14)17-21(19,20)13-8-16-18(10-13)9-12-4-2-1-3-5-12/h1-5,8,10,17H,6-7,9H2. The van der Waals surface area contributed by atoms with Gasteiger partial charge in [0.05, 0.1) is 18.8 Å². The Kier molecular flexibility index (Phi) is 3.27. The van der Waals surface area contributed by atoms with Crippen molar-refractivity contribution in [3.05, 3.63) is 48.3 Å². The van der Waals surface area contributed by atoms with E-state index in [1.807, 2.05) is 36.4 Å². The third-order valence-electron chi connectivity index (χ3n) is 3.40. The van der Waals surface area contributed by atoms with Gasteiger partial charge in [0.1, 0.15) is 10.4 Å². The second-order valence-corrected chi connectivity index (χ2v) is 6.84. The SMILES string of the molecule is N#CC1(NS(=O)(=O)c2cnn(Cc3ccccc3)c2)CC1. The van der Waals surface area contributed by atoms with E-state index in [0.29, 0.717) is 19.4 Å². The van der Waals surface area contributed by atoms with Crippen LogP contribution in [0.2, 0.25) is 0 Å². The van der Waals surface area contributed by atoms with Crippen molar-refractivity contribution in [2.24, 2.45) is 0 Å². The molecule has 2 aromatic rings. The van der Waals surface area contributed by atoms with E-state index in [2.05, 4.69) is 9.82 Å². The fourth-order valence-electron chi connectivity index (χ4n) is 2.02. The van der Waals surface area contributed by atoms with Crippen LogP contribution >= 0.6 is 0 Å². The largest absolute Gasteiger partial charge is 0.267 e. The first-order valence-electron chi connectivity index (χ1n) is 6.55. The fourth-order valence-corrected chi connectivity index (χ4v) is 3.35. The molecule has 0 atom stereocenters. The fraction of sp³-hybridized carbons (Fsp3) is 0.286. The first kappa shape index (κ1) is 13.8. The summed E-state index contributed by atoms with van der Waals surface area (Å²) in [5, 5.41) is 13.0. The van der Waals surface area contributed by atoms with Crippen LogP contribution in [0.3, 0.4) is 0 Å². The van der Waals surface area contributed by atoms with Gasteiger partial charge in [-0.1, -0.05) is 30.3 Å². The van der Waals surface area contributed by atoms with Gasteiger partial charge in [0.15, 0.2) is 0 Å². The third kappa shape index (κ3) is 2.96. The number of hydrogen-bond donors (Lipinski definition) is 1. The van der Waals surface area contributed by atoms with Crippen molar-refractivity contribution in [3.63, 3.8) is 0 Å². The highest BCUT2D eigenvalue weighted by Gasteiger charge is 2.47. The lowest BCUT2D eigenvalue weighted by atomic mass is 10.2. The van der Waals surface area contributed by atoms with Gasteiger partial charge in [-0.25, -0.2) is 8.42 Å². The Morgan fingerprint density at radius 2 is 2.05 bits per heavy atom. The summed E-state index contributed by atoms with van der Waals surface area (Å²) in [6, 6.07) is 11.7. The molecule has 0 spiro atoms. The zero-order chi connectivity index (χ0) is 14.9. The van der Waals surface area contributed by atoms with Crippen molar-refractivity contribution >= 4 is 10.0 Å². The first-order chi connectivity index (χ1) is 10.0. The average Bonchev–Trinajstić information content (AvgIpc) is 3.06. The molecule has 3 rings (SSSR count). The monoisotopic (exact) mass is 302 g/mol. The molecule has 1 aromatic carbocycles. The van der Waals surface area contributed by atoms with E-state index in [0.717, 1.165) is 5.56 Å². The minimum atomic E-state index is -3.69. The van der Waals surface area contributed by atoms with Crippen LogP contribution in [0.15, 0.2) is 47.6 Å². The Morgan fingerprint density at radius 3 is 2.67 bits per heavy atom. The predicted molar refractivity (Wildman–Crippen MR) is 75.7 cm³/mol. The number of nitrogens with one attached hydrogen (secondary N) is 1. The smallest absolute Gasteiger partial charge is 0.245 e. The normalized spacial score (nSPS) is 16.3. The highest BCUT2D eigenvalue weighted by Crippen LogP contribution is 2.35. The highest BCUT2D eigenvalue weighted by molar-refractivity contribution is 7.89. The lowest BCUT2D eigenvalue weighted by molar-refractivity contribution is 0.570. The summed E-state index contributed by atoms with van der Waals surface area (Å²) in [7, 11) is -3.69. The number of sulfonamides is 1. The van der Waals surface area contributed by atoms with Crippen LogP contribution < -0.4 is 4.72 Å². The maximum atomic E-state index is 12.2. The molecule has 21 heavy (non-hydrogen) atoms. The molecule has 1 aromatic heterocycles. The van der Waals surface area contributed by atoms with E-state index in [-0.39, 0.29) is 4.90 Å². The molecule has 6 nitrogen and oxygen atoms in total. The van der Waals surface area contributed by atoms with Gasteiger partial charge in [0.2, 0.25) is 10.0 Å². The predicted octanol–water partition coefficient (Wildman–Crippen LogP) is 1.27. The molecule has 0 unspecified atom stereocenters. The van der Waals surface area contributed by atoms with E-state index in [1.54, 1.807) is 4.68 Å². The summed E-state index contributed by atoms with van der Waals surface area (Å²) in [5.74, 6) is 0. The number of benzene rings is 1. The van der Waals surface area contributed by atoms with Gasteiger partial charge in [-0.2, -0.15) is 15.1 Å². The molecule has 108 valence electrons. The van der Waals surface area contributed by atoms with Crippen molar-refractivity contribution < 1.29 is 8.42 Å². The molecule has 0 amide bonds. The molecule has 1 fully saturated rings. The molecular weight excluding hydrogens is 288 g/mol. The number of aromatic nitrogens is 2. The third-order valence-corrected chi connectivity index (χ3v) is 4.89. The van der Waals surface area contributed by atoms with Gasteiger partial charge in [-0.15, -0.1) is 0 Å². The van der Waals surface area contributed by atoms with Crippen LogP contribution in [-0.4, -0.2) is 23.7 Å². The van der Waals surface area contributed by atoms with Gasteiger partial charge in [0.25, 0.3) is 0 Å². The van der Waals surface area contributed by atoms with E-state index >= 15 is 0 Å².